The number of aliphatic carboxylic acids is 1. The number of carbonyl (C=O) groups is 3. The molecule has 11 heteroatoms. The van der Waals surface area contributed by atoms with Crippen molar-refractivity contribution in [2.24, 2.45) is 0 Å². The van der Waals surface area contributed by atoms with E-state index in [2.05, 4.69) is 32.4 Å². The average Bonchev–Trinajstić information content (AvgIpc) is 4.08. The molecule has 2 saturated carbocycles. The molecule has 2 aliphatic carbocycles. The molecule has 0 unspecified atom stereocenters. The number of hydrogen-bond acceptors (Lipinski definition) is 9. The van der Waals surface area contributed by atoms with Gasteiger partial charge in [0.05, 0.1) is 12.2 Å². The number of ether oxygens (including phenoxy) is 1. The van der Waals surface area contributed by atoms with Gasteiger partial charge in [0.15, 0.2) is 5.78 Å². The van der Waals surface area contributed by atoms with E-state index >= 15 is 0 Å². The highest BCUT2D eigenvalue weighted by molar-refractivity contribution is 6.04. The molecule has 2 aromatic heterocycles. The van der Waals surface area contributed by atoms with E-state index in [4.69, 9.17) is 4.74 Å². The topological polar surface area (TPSA) is 154 Å². The lowest BCUT2D eigenvalue weighted by Gasteiger charge is -2.47. The van der Waals surface area contributed by atoms with Crippen molar-refractivity contribution in [3.8, 4) is 11.1 Å². The van der Waals surface area contributed by atoms with E-state index in [0.717, 1.165) is 84.3 Å². The summed E-state index contributed by atoms with van der Waals surface area (Å²) < 4.78 is 5.62. The van der Waals surface area contributed by atoms with E-state index in [1.807, 2.05) is 68.6 Å². The molecule has 3 fully saturated rings. The molecule has 0 radical (unpaired) electrons. The third-order valence-electron chi connectivity index (χ3n) is 11.3. The predicted octanol–water partition coefficient (Wildman–Crippen LogP) is 5.95. The van der Waals surface area contributed by atoms with E-state index < -0.39 is 18.6 Å². The first-order valence-electron chi connectivity index (χ1n) is 18.8. The van der Waals surface area contributed by atoms with E-state index in [1.54, 1.807) is 13.3 Å². The number of amides is 1. The smallest absolute Gasteiger partial charge is 0.323 e. The van der Waals surface area contributed by atoms with Crippen LogP contribution in [0.3, 0.4) is 0 Å². The van der Waals surface area contributed by atoms with Gasteiger partial charge in [-0.25, -0.2) is 0 Å². The molecule has 1 amide bonds. The Morgan fingerprint density at radius 2 is 1.50 bits per heavy atom. The van der Waals surface area contributed by atoms with E-state index in [1.165, 1.54) is 11.1 Å². The molecule has 1 atom stereocenters. The number of aliphatic hydroxyl groups is 1. The van der Waals surface area contributed by atoms with Gasteiger partial charge >= 0.3 is 5.97 Å². The molecule has 4 aromatic rings. The third kappa shape index (κ3) is 8.14. The SMILES string of the molecule is COC1(C)CN(Cc2cnc(C(=O)Nc3cccc(-c4cccc(CC(=O)c5cc(C6CC6)c(CN[C@H](CO)C(=O)O)cn5)c4C)c3C)cc2C2CC2)C1. The summed E-state index contributed by atoms with van der Waals surface area (Å²) in [7, 11) is 1.76. The van der Waals surface area contributed by atoms with Crippen LogP contribution in [0.15, 0.2) is 60.9 Å². The second-order valence-corrected chi connectivity index (χ2v) is 15.5. The van der Waals surface area contributed by atoms with Crippen LogP contribution in [0.25, 0.3) is 11.1 Å². The summed E-state index contributed by atoms with van der Waals surface area (Å²) in [6.45, 7) is 8.41. The Bertz CT molecular complexity index is 2080. The highest BCUT2D eigenvalue weighted by Gasteiger charge is 2.39. The van der Waals surface area contributed by atoms with Crippen LogP contribution in [0.4, 0.5) is 5.69 Å². The standard InChI is InChI=1S/C43H49N5O6/c1-25-29(15-40(50)37-16-34(27-11-12-27)30(18-44-37)19-46-39(22-49)42(52)53)7-5-8-32(25)33-9-6-10-36(26(33)2)47-41(51)38-17-35(28-13-14-28)31(20-45-38)21-48-23-43(3,24-48)54-4/h5-10,16-18,20,27-28,39,46,49H,11-15,19,21-24H2,1-4H3,(H,47,51)(H,52,53)/t39-/m1/s1. The summed E-state index contributed by atoms with van der Waals surface area (Å²) >= 11 is 0. The molecule has 3 aliphatic rings. The van der Waals surface area contributed by atoms with Crippen molar-refractivity contribution in [1.82, 2.24) is 20.2 Å². The number of carboxylic acids is 1. The van der Waals surface area contributed by atoms with Crippen LogP contribution in [0, 0.1) is 13.8 Å². The maximum atomic E-state index is 13.6. The van der Waals surface area contributed by atoms with E-state index in [0.29, 0.717) is 28.9 Å². The monoisotopic (exact) mass is 731 g/mol. The van der Waals surface area contributed by atoms with E-state index in [-0.39, 0.29) is 30.3 Å². The second kappa shape index (κ2) is 15.5. The number of anilines is 1. The van der Waals surface area contributed by atoms with Crippen LogP contribution in [0.1, 0.15) is 104 Å². The van der Waals surface area contributed by atoms with Gasteiger partial charge in [0.1, 0.15) is 17.4 Å². The maximum Gasteiger partial charge on any atom is 0.323 e. The zero-order chi connectivity index (χ0) is 38.1. The number of aromatic nitrogens is 2. The summed E-state index contributed by atoms with van der Waals surface area (Å²) in [4.78, 5) is 50.1. The number of hydrogen-bond donors (Lipinski definition) is 4. The Hall–Kier alpha value is -4.81. The number of carboxylic acid groups (broad SMARTS) is 1. The van der Waals surface area contributed by atoms with Gasteiger partial charge in [0.2, 0.25) is 0 Å². The fourth-order valence-electron chi connectivity index (χ4n) is 7.63. The van der Waals surface area contributed by atoms with Gasteiger partial charge < -0.3 is 20.3 Å². The van der Waals surface area contributed by atoms with Crippen molar-refractivity contribution in [3.63, 3.8) is 0 Å². The number of ketones is 1. The van der Waals surface area contributed by atoms with Gasteiger partial charge in [-0.3, -0.25) is 34.6 Å². The van der Waals surface area contributed by atoms with Crippen molar-refractivity contribution >= 4 is 23.3 Å². The van der Waals surface area contributed by atoms with Gasteiger partial charge in [0.25, 0.3) is 5.91 Å². The summed E-state index contributed by atoms with van der Waals surface area (Å²) in [5.74, 6) is -0.681. The number of nitrogens with zero attached hydrogens (tertiary/aromatic N) is 3. The normalized spacial score (nSPS) is 17.1. The molecule has 7 rings (SSSR count). The van der Waals surface area contributed by atoms with Crippen molar-refractivity contribution in [1.29, 1.82) is 0 Å². The van der Waals surface area contributed by atoms with Crippen LogP contribution >= 0.6 is 0 Å². The summed E-state index contributed by atoms with van der Waals surface area (Å²) in [5.41, 5.74) is 10.4. The molecular weight excluding hydrogens is 683 g/mol. The number of rotatable bonds is 16. The molecule has 0 spiro atoms. The lowest BCUT2D eigenvalue weighted by molar-refractivity contribution is -0.140. The largest absolute Gasteiger partial charge is 0.480 e. The molecule has 54 heavy (non-hydrogen) atoms. The number of methoxy groups -OCH3 is 1. The Morgan fingerprint density at radius 1 is 0.889 bits per heavy atom. The number of benzene rings is 2. The fourth-order valence-corrected chi connectivity index (χ4v) is 7.63. The maximum absolute atomic E-state index is 13.6. The zero-order valence-corrected chi connectivity index (χ0v) is 31.4. The van der Waals surface area contributed by atoms with Gasteiger partial charge in [-0.2, -0.15) is 0 Å². The Labute approximate surface area is 316 Å². The quantitative estimate of drug-likeness (QED) is 0.102. The second-order valence-electron chi connectivity index (χ2n) is 15.5. The first-order valence-corrected chi connectivity index (χ1v) is 18.8. The predicted molar refractivity (Wildman–Crippen MR) is 206 cm³/mol. The van der Waals surface area contributed by atoms with Gasteiger partial charge in [-0.05, 0) is 127 Å². The lowest BCUT2D eigenvalue weighted by atomic mass is 9.90. The molecule has 282 valence electrons. The third-order valence-corrected chi connectivity index (χ3v) is 11.3. The minimum absolute atomic E-state index is 0.0974. The van der Waals surface area contributed by atoms with Gasteiger partial charge in [0, 0.05) is 57.8 Å². The fraction of sp³-hybridized carbons (Fsp3) is 0.419. The number of pyridine rings is 2. The van der Waals surface area contributed by atoms with E-state index in [9.17, 15) is 24.6 Å². The zero-order valence-electron chi connectivity index (χ0n) is 31.4. The van der Waals surface area contributed by atoms with Crippen molar-refractivity contribution in [2.75, 3.05) is 32.1 Å². The van der Waals surface area contributed by atoms with Crippen molar-refractivity contribution < 1.29 is 29.3 Å². The summed E-state index contributed by atoms with van der Waals surface area (Å²) in [6.07, 6.45) is 7.96. The van der Waals surface area contributed by atoms with Crippen LogP contribution in [0.2, 0.25) is 0 Å². The highest BCUT2D eigenvalue weighted by Crippen LogP contribution is 2.43. The molecule has 0 bridgehead atoms. The number of aliphatic hydroxyl groups excluding tert-OH is 1. The molecule has 11 nitrogen and oxygen atoms in total. The highest BCUT2D eigenvalue weighted by atomic mass is 16.5. The minimum atomic E-state index is -1.12. The number of carbonyl (C=O) groups excluding carboxylic acids is 2. The number of Topliss-reactive ketones (excluding diaryl/α,β-unsaturated/α-hetero) is 1. The number of likely N-dealkylation sites (tertiary alicyclic amines) is 1. The Morgan fingerprint density at radius 3 is 2.15 bits per heavy atom. The molecule has 4 N–H and O–H groups in total. The van der Waals surface area contributed by atoms with Crippen LogP contribution in [0.5, 0.6) is 0 Å². The first kappa shape index (κ1) is 37.5. The van der Waals surface area contributed by atoms with Crippen LogP contribution in [-0.2, 0) is 29.0 Å². The Balaban J connectivity index is 1.05. The van der Waals surface area contributed by atoms with Gasteiger partial charge in [-0.1, -0.05) is 30.3 Å². The lowest BCUT2D eigenvalue weighted by Crippen LogP contribution is -2.60. The molecular formula is C43H49N5O6. The van der Waals surface area contributed by atoms with Gasteiger partial charge in [-0.15, -0.1) is 0 Å². The first-order chi connectivity index (χ1) is 26.0. The Kier molecular flexibility index (Phi) is 10.8. The molecule has 1 aliphatic heterocycles. The molecule has 1 saturated heterocycles. The number of nitrogens with one attached hydrogen (secondary N) is 2. The van der Waals surface area contributed by atoms with Crippen molar-refractivity contribution in [2.45, 2.75) is 89.4 Å². The van der Waals surface area contributed by atoms with Crippen LogP contribution < -0.4 is 10.6 Å². The minimum Gasteiger partial charge on any atom is -0.480 e. The summed E-state index contributed by atoms with van der Waals surface area (Å²) in [6, 6.07) is 14.6. The molecule has 3 heterocycles. The van der Waals surface area contributed by atoms with Crippen LogP contribution in [-0.4, -0.2) is 81.2 Å². The summed E-state index contributed by atoms with van der Waals surface area (Å²) in [5, 5.41) is 24.7. The molecule has 2 aromatic carbocycles. The average molecular weight is 732 g/mol. The van der Waals surface area contributed by atoms with Crippen molar-refractivity contribution in [3.05, 3.63) is 111 Å².